The molecule has 1 fully saturated rings. The SMILES string of the molecule is CCC1CCCNC1CNC(=O)Nc1ccccc1OC. The first-order chi connectivity index (χ1) is 10.2. The van der Waals surface area contributed by atoms with Gasteiger partial charge in [0.25, 0.3) is 0 Å². The molecule has 3 N–H and O–H groups in total. The average Bonchev–Trinajstić information content (AvgIpc) is 2.53. The van der Waals surface area contributed by atoms with E-state index >= 15 is 0 Å². The molecule has 0 aromatic heterocycles. The van der Waals surface area contributed by atoms with Crippen LogP contribution in [0.25, 0.3) is 0 Å². The lowest BCUT2D eigenvalue weighted by atomic mass is 9.89. The lowest BCUT2D eigenvalue weighted by Gasteiger charge is -2.32. The number of piperidine rings is 1. The van der Waals surface area contributed by atoms with Gasteiger partial charge in [0.1, 0.15) is 5.75 Å². The number of carbonyl (C=O) groups excluding carboxylic acids is 1. The van der Waals surface area contributed by atoms with Crippen molar-refractivity contribution in [3.8, 4) is 5.75 Å². The number of carbonyl (C=O) groups is 1. The highest BCUT2D eigenvalue weighted by molar-refractivity contribution is 5.90. The number of ether oxygens (including phenoxy) is 1. The fraction of sp³-hybridized carbons (Fsp3) is 0.562. The molecule has 1 aromatic rings. The second-order valence-corrected chi connectivity index (χ2v) is 5.41. The second-order valence-electron chi connectivity index (χ2n) is 5.41. The van der Waals surface area contributed by atoms with Gasteiger partial charge in [-0.05, 0) is 37.4 Å². The summed E-state index contributed by atoms with van der Waals surface area (Å²) < 4.78 is 5.22. The number of methoxy groups -OCH3 is 1. The van der Waals surface area contributed by atoms with Crippen LogP contribution in [-0.4, -0.2) is 32.3 Å². The Morgan fingerprint density at radius 1 is 1.43 bits per heavy atom. The molecule has 1 aliphatic rings. The van der Waals surface area contributed by atoms with Crippen molar-refractivity contribution in [2.75, 3.05) is 25.5 Å². The monoisotopic (exact) mass is 291 g/mol. The molecule has 1 aliphatic heterocycles. The third-order valence-corrected chi connectivity index (χ3v) is 4.09. The Balaban J connectivity index is 1.84. The standard InChI is InChI=1S/C16H25N3O2/c1-3-12-7-6-10-17-14(12)11-18-16(20)19-13-8-4-5-9-15(13)21-2/h4-5,8-9,12,14,17H,3,6-7,10-11H2,1-2H3,(H2,18,19,20). The summed E-state index contributed by atoms with van der Waals surface area (Å²) in [5, 5.41) is 9.27. The summed E-state index contributed by atoms with van der Waals surface area (Å²) in [5.74, 6) is 1.31. The maximum absolute atomic E-state index is 12.0. The van der Waals surface area contributed by atoms with E-state index in [0.29, 0.717) is 29.9 Å². The smallest absolute Gasteiger partial charge is 0.319 e. The summed E-state index contributed by atoms with van der Waals surface area (Å²) in [5.41, 5.74) is 0.682. The molecular weight excluding hydrogens is 266 g/mol. The van der Waals surface area contributed by atoms with Crippen LogP contribution in [0.1, 0.15) is 26.2 Å². The molecule has 21 heavy (non-hydrogen) atoms. The molecule has 0 spiro atoms. The number of hydrogen-bond acceptors (Lipinski definition) is 3. The summed E-state index contributed by atoms with van der Waals surface area (Å²) in [7, 11) is 1.59. The van der Waals surface area contributed by atoms with E-state index in [1.807, 2.05) is 24.3 Å². The van der Waals surface area contributed by atoms with Gasteiger partial charge in [-0.2, -0.15) is 0 Å². The van der Waals surface area contributed by atoms with Gasteiger partial charge in [-0.15, -0.1) is 0 Å². The Kier molecular flexibility index (Phi) is 5.87. The van der Waals surface area contributed by atoms with Crippen LogP contribution in [0.2, 0.25) is 0 Å². The van der Waals surface area contributed by atoms with Crippen LogP contribution in [0.5, 0.6) is 5.75 Å². The van der Waals surface area contributed by atoms with Crippen LogP contribution in [0.3, 0.4) is 0 Å². The Hall–Kier alpha value is -1.75. The number of urea groups is 1. The lowest BCUT2D eigenvalue weighted by Crippen LogP contribution is -2.49. The Bertz CT molecular complexity index is 465. The zero-order valence-corrected chi connectivity index (χ0v) is 12.8. The highest BCUT2D eigenvalue weighted by Crippen LogP contribution is 2.23. The minimum Gasteiger partial charge on any atom is -0.495 e. The summed E-state index contributed by atoms with van der Waals surface area (Å²) in [6.45, 7) is 3.90. The highest BCUT2D eigenvalue weighted by atomic mass is 16.5. The number of para-hydroxylation sites is 2. The Morgan fingerprint density at radius 2 is 2.24 bits per heavy atom. The molecule has 0 radical (unpaired) electrons. The van der Waals surface area contributed by atoms with Crippen LogP contribution in [0.4, 0.5) is 10.5 Å². The fourth-order valence-corrected chi connectivity index (χ4v) is 2.86. The van der Waals surface area contributed by atoms with Crippen molar-refractivity contribution >= 4 is 11.7 Å². The van der Waals surface area contributed by atoms with E-state index in [-0.39, 0.29) is 6.03 Å². The predicted molar refractivity (Wildman–Crippen MR) is 84.8 cm³/mol. The number of hydrogen-bond donors (Lipinski definition) is 3. The van der Waals surface area contributed by atoms with Crippen molar-refractivity contribution < 1.29 is 9.53 Å². The second kappa shape index (κ2) is 7.88. The van der Waals surface area contributed by atoms with Crippen molar-refractivity contribution in [1.29, 1.82) is 0 Å². The lowest BCUT2D eigenvalue weighted by molar-refractivity contribution is 0.239. The van der Waals surface area contributed by atoms with Crippen molar-refractivity contribution in [1.82, 2.24) is 10.6 Å². The normalized spacial score (nSPS) is 21.6. The molecule has 0 bridgehead atoms. The molecule has 1 heterocycles. The maximum Gasteiger partial charge on any atom is 0.319 e. The van der Waals surface area contributed by atoms with Gasteiger partial charge in [-0.25, -0.2) is 4.79 Å². The van der Waals surface area contributed by atoms with Gasteiger partial charge >= 0.3 is 6.03 Å². The van der Waals surface area contributed by atoms with Crippen molar-refractivity contribution in [2.24, 2.45) is 5.92 Å². The van der Waals surface area contributed by atoms with Gasteiger partial charge in [0.15, 0.2) is 0 Å². The zero-order chi connectivity index (χ0) is 15.1. The quantitative estimate of drug-likeness (QED) is 0.781. The topological polar surface area (TPSA) is 62.4 Å². The largest absolute Gasteiger partial charge is 0.495 e. The maximum atomic E-state index is 12.0. The minimum absolute atomic E-state index is 0.193. The van der Waals surface area contributed by atoms with Gasteiger partial charge in [-0.3, -0.25) is 0 Å². The first-order valence-electron chi connectivity index (χ1n) is 7.65. The third kappa shape index (κ3) is 4.36. The van der Waals surface area contributed by atoms with Gasteiger partial charge < -0.3 is 20.7 Å². The molecular formula is C16H25N3O2. The average molecular weight is 291 g/mol. The van der Waals surface area contributed by atoms with Crippen molar-refractivity contribution in [3.63, 3.8) is 0 Å². The summed E-state index contributed by atoms with van der Waals surface area (Å²) in [6.07, 6.45) is 3.61. The number of nitrogens with one attached hydrogen (secondary N) is 3. The molecule has 0 aliphatic carbocycles. The number of amides is 2. The van der Waals surface area contributed by atoms with E-state index in [0.717, 1.165) is 13.0 Å². The van der Waals surface area contributed by atoms with Crippen LogP contribution >= 0.6 is 0 Å². The van der Waals surface area contributed by atoms with Crippen molar-refractivity contribution in [2.45, 2.75) is 32.2 Å². The van der Waals surface area contributed by atoms with E-state index in [1.54, 1.807) is 7.11 Å². The first-order valence-corrected chi connectivity index (χ1v) is 7.65. The van der Waals surface area contributed by atoms with Gasteiger partial charge in [0.05, 0.1) is 12.8 Å². The Labute approximate surface area is 126 Å². The molecule has 1 aromatic carbocycles. The summed E-state index contributed by atoms with van der Waals surface area (Å²) in [6, 6.07) is 7.57. The van der Waals surface area contributed by atoms with Crippen LogP contribution in [0.15, 0.2) is 24.3 Å². The number of rotatable bonds is 5. The van der Waals surface area contributed by atoms with E-state index in [9.17, 15) is 4.79 Å². The minimum atomic E-state index is -0.193. The van der Waals surface area contributed by atoms with Crippen molar-refractivity contribution in [3.05, 3.63) is 24.3 Å². The molecule has 2 atom stereocenters. The Morgan fingerprint density at radius 3 is 3.00 bits per heavy atom. The fourth-order valence-electron chi connectivity index (χ4n) is 2.86. The molecule has 2 rings (SSSR count). The summed E-state index contributed by atoms with van der Waals surface area (Å²) >= 11 is 0. The zero-order valence-electron chi connectivity index (χ0n) is 12.8. The van der Waals surface area contributed by atoms with E-state index < -0.39 is 0 Å². The molecule has 116 valence electrons. The summed E-state index contributed by atoms with van der Waals surface area (Å²) in [4.78, 5) is 12.0. The molecule has 1 saturated heterocycles. The highest BCUT2D eigenvalue weighted by Gasteiger charge is 2.23. The molecule has 5 nitrogen and oxygen atoms in total. The van der Waals surface area contributed by atoms with Crippen LogP contribution < -0.4 is 20.7 Å². The van der Waals surface area contributed by atoms with Crippen LogP contribution in [-0.2, 0) is 0 Å². The molecule has 2 unspecified atom stereocenters. The van der Waals surface area contributed by atoms with E-state index in [4.69, 9.17) is 4.74 Å². The third-order valence-electron chi connectivity index (χ3n) is 4.09. The van der Waals surface area contributed by atoms with Gasteiger partial charge in [-0.1, -0.05) is 25.5 Å². The number of anilines is 1. The van der Waals surface area contributed by atoms with Gasteiger partial charge in [0, 0.05) is 12.6 Å². The predicted octanol–water partition coefficient (Wildman–Crippen LogP) is 2.59. The van der Waals surface area contributed by atoms with Crippen LogP contribution in [0, 0.1) is 5.92 Å². The first kappa shape index (κ1) is 15.6. The molecule has 0 saturated carbocycles. The number of benzene rings is 1. The van der Waals surface area contributed by atoms with Gasteiger partial charge in [0.2, 0.25) is 0 Å². The molecule has 2 amide bonds. The molecule has 5 heteroatoms. The van der Waals surface area contributed by atoms with E-state index in [1.165, 1.54) is 12.8 Å². The van der Waals surface area contributed by atoms with E-state index in [2.05, 4.69) is 22.9 Å².